The van der Waals surface area contributed by atoms with Gasteiger partial charge in [-0.15, -0.1) is 0 Å². The van der Waals surface area contributed by atoms with Crippen LogP contribution in [0.25, 0.3) is 10.9 Å². The van der Waals surface area contributed by atoms with Crippen LogP contribution in [0.15, 0.2) is 47.0 Å². The standard InChI is InChI=1S/C14H13N3O2/c15-8-11-2-4-13(19-11)14(18)17-10-1-3-12-9(7-10)5-6-16-12/h1-7,16H,8,15H2,(H,17,18). The van der Waals surface area contributed by atoms with Gasteiger partial charge < -0.3 is 20.5 Å². The maximum atomic E-state index is 12.0. The summed E-state index contributed by atoms with van der Waals surface area (Å²) in [6, 6.07) is 10.9. The Morgan fingerprint density at radius 2 is 2.16 bits per heavy atom. The molecule has 0 atom stereocenters. The fourth-order valence-corrected chi connectivity index (χ4v) is 1.93. The molecule has 0 aliphatic rings. The highest BCUT2D eigenvalue weighted by atomic mass is 16.4. The number of benzene rings is 1. The number of rotatable bonds is 3. The van der Waals surface area contributed by atoms with Gasteiger partial charge in [0, 0.05) is 22.8 Å². The molecule has 96 valence electrons. The first-order chi connectivity index (χ1) is 9.26. The second-order valence-corrected chi connectivity index (χ2v) is 4.20. The largest absolute Gasteiger partial charge is 0.455 e. The Morgan fingerprint density at radius 3 is 2.95 bits per heavy atom. The zero-order chi connectivity index (χ0) is 13.2. The maximum absolute atomic E-state index is 12.0. The molecule has 3 aromatic rings. The van der Waals surface area contributed by atoms with Crippen LogP contribution in [0.4, 0.5) is 5.69 Å². The Bertz CT molecular complexity index is 727. The SMILES string of the molecule is NCc1ccc(C(=O)Nc2ccc3[nH]ccc3c2)o1. The lowest BCUT2D eigenvalue weighted by atomic mass is 10.2. The third kappa shape index (κ3) is 2.23. The Morgan fingerprint density at radius 1 is 1.26 bits per heavy atom. The third-order valence-corrected chi connectivity index (χ3v) is 2.90. The number of H-pyrrole nitrogens is 1. The number of carbonyl (C=O) groups is 1. The van der Waals surface area contributed by atoms with Gasteiger partial charge in [0.05, 0.1) is 6.54 Å². The molecule has 2 heterocycles. The number of anilines is 1. The predicted molar refractivity (Wildman–Crippen MR) is 72.9 cm³/mol. The Balaban J connectivity index is 1.81. The highest BCUT2D eigenvalue weighted by molar-refractivity contribution is 6.03. The quantitative estimate of drug-likeness (QED) is 0.672. The van der Waals surface area contributed by atoms with Crippen LogP contribution in [0.3, 0.4) is 0 Å². The molecule has 0 bridgehead atoms. The Kier molecular flexibility index (Phi) is 2.81. The zero-order valence-corrected chi connectivity index (χ0v) is 10.1. The molecule has 0 radical (unpaired) electrons. The first-order valence-corrected chi connectivity index (χ1v) is 5.93. The van der Waals surface area contributed by atoms with E-state index in [4.69, 9.17) is 10.2 Å². The van der Waals surface area contributed by atoms with Crippen molar-refractivity contribution in [1.82, 2.24) is 4.98 Å². The molecule has 1 aromatic carbocycles. The smallest absolute Gasteiger partial charge is 0.291 e. The number of nitrogens with one attached hydrogen (secondary N) is 2. The summed E-state index contributed by atoms with van der Waals surface area (Å²) in [5, 5.41) is 3.83. The van der Waals surface area contributed by atoms with E-state index in [1.54, 1.807) is 12.1 Å². The second-order valence-electron chi connectivity index (χ2n) is 4.20. The number of aromatic nitrogens is 1. The predicted octanol–water partition coefficient (Wildman–Crippen LogP) is 2.47. The first kappa shape index (κ1) is 11.6. The van der Waals surface area contributed by atoms with Crippen LogP contribution in [0.1, 0.15) is 16.3 Å². The normalized spacial score (nSPS) is 10.8. The molecule has 0 spiro atoms. The van der Waals surface area contributed by atoms with Crippen LogP contribution in [0.5, 0.6) is 0 Å². The number of hydrogen-bond acceptors (Lipinski definition) is 3. The van der Waals surface area contributed by atoms with E-state index in [1.807, 2.05) is 30.5 Å². The van der Waals surface area contributed by atoms with Crippen molar-refractivity contribution in [3.05, 3.63) is 54.1 Å². The first-order valence-electron chi connectivity index (χ1n) is 5.93. The molecule has 0 saturated heterocycles. The lowest BCUT2D eigenvalue weighted by molar-refractivity contribution is 0.0995. The molecule has 0 aliphatic heterocycles. The van der Waals surface area contributed by atoms with Crippen LogP contribution in [-0.4, -0.2) is 10.9 Å². The minimum absolute atomic E-state index is 0.259. The van der Waals surface area contributed by atoms with Crippen LogP contribution < -0.4 is 11.1 Å². The minimum Gasteiger partial charge on any atom is -0.455 e. The highest BCUT2D eigenvalue weighted by Gasteiger charge is 2.11. The lowest BCUT2D eigenvalue weighted by Gasteiger charge is -2.03. The Labute approximate surface area is 109 Å². The van der Waals surface area contributed by atoms with E-state index in [9.17, 15) is 4.79 Å². The number of hydrogen-bond donors (Lipinski definition) is 3. The van der Waals surface area contributed by atoms with Crippen molar-refractivity contribution < 1.29 is 9.21 Å². The summed E-state index contributed by atoms with van der Waals surface area (Å²) in [7, 11) is 0. The van der Waals surface area contributed by atoms with Gasteiger partial charge >= 0.3 is 0 Å². The summed E-state index contributed by atoms with van der Waals surface area (Å²) < 4.78 is 5.30. The van der Waals surface area contributed by atoms with Crippen molar-refractivity contribution in [2.45, 2.75) is 6.54 Å². The van der Waals surface area contributed by atoms with Crippen molar-refractivity contribution in [2.75, 3.05) is 5.32 Å². The molecule has 5 nitrogen and oxygen atoms in total. The number of carbonyl (C=O) groups excluding carboxylic acids is 1. The Hall–Kier alpha value is -2.53. The molecule has 2 aromatic heterocycles. The van der Waals surface area contributed by atoms with Crippen molar-refractivity contribution in [3.63, 3.8) is 0 Å². The molecule has 1 amide bonds. The molecule has 0 fully saturated rings. The highest BCUT2D eigenvalue weighted by Crippen LogP contribution is 2.18. The van der Waals surface area contributed by atoms with E-state index < -0.39 is 0 Å². The summed E-state index contributed by atoms with van der Waals surface area (Å²) in [6.45, 7) is 0.280. The van der Waals surface area contributed by atoms with Gasteiger partial charge in [0.1, 0.15) is 5.76 Å². The molecule has 4 N–H and O–H groups in total. The van der Waals surface area contributed by atoms with Crippen LogP contribution in [-0.2, 0) is 6.54 Å². The monoisotopic (exact) mass is 255 g/mol. The van der Waals surface area contributed by atoms with Gasteiger partial charge in [0.15, 0.2) is 5.76 Å². The van der Waals surface area contributed by atoms with Crippen LogP contribution >= 0.6 is 0 Å². The van der Waals surface area contributed by atoms with Crippen LogP contribution in [0.2, 0.25) is 0 Å². The number of nitrogens with two attached hydrogens (primary N) is 1. The lowest BCUT2D eigenvalue weighted by Crippen LogP contribution is -2.10. The average molecular weight is 255 g/mol. The summed E-state index contributed by atoms with van der Waals surface area (Å²) in [5.41, 5.74) is 7.19. The van der Waals surface area contributed by atoms with Gasteiger partial charge in [-0.05, 0) is 36.4 Å². The van der Waals surface area contributed by atoms with E-state index in [1.165, 1.54) is 0 Å². The van der Waals surface area contributed by atoms with Gasteiger partial charge in [-0.1, -0.05) is 0 Å². The minimum atomic E-state index is -0.283. The number of fused-ring (bicyclic) bond motifs is 1. The molecule has 0 aliphatic carbocycles. The zero-order valence-electron chi connectivity index (χ0n) is 10.1. The van der Waals surface area contributed by atoms with E-state index in [0.29, 0.717) is 5.76 Å². The molecule has 19 heavy (non-hydrogen) atoms. The number of furan rings is 1. The van der Waals surface area contributed by atoms with Gasteiger partial charge in [0.2, 0.25) is 0 Å². The molecular weight excluding hydrogens is 242 g/mol. The molecular formula is C14H13N3O2. The van der Waals surface area contributed by atoms with Crippen molar-refractivity contribution >= 4 is 22.5 Å². The van der Waals surface area contributed by atoms with E-state index in [0.717, 1.165) is 16.6 Å². The number of amides is 1. The van der Waals surface area contributed by atoms with Crippen molar-refractivity contribution in [2.24, 2.45) is 5.73 Å². The molecule has 0 saturated carbocycles. The third-order valence-electron chi connectivity index (χ3n) is 2.90. The van der Waals surface area contributed by atoms with Crippen LogP contribution in [0, 0.1) is 0 Å². The summed E-state index contributed by atoms with van der Waals surface area (Å²) >= 11 is 0. The summed E-state index contributed by atoms with van der Waals surface area (Å²) in [6.07, 6.45) is 1.86. The number of aromatic amines is 1. The van der Waals surface area contributed by atoms with E-state index in [-0.39, 0.29) is 18.2 Å². The molecule has 5 heteroatoms. The molecule has 3 rings (SSSR count). The van der Waals surface area contributed by atoms with E-state index >= 15 is 0 Å². The van der Waals surface area contributed by atoms with Gasteiger partial charge in [-0.2, -0.15) is 0 Å². The van der Waals surface area contributed by atoms with Crippen molar-refractivity contribution in [3.8, 4) is 0 Å². The fourth-order valence-electron chi connectivity index (χ4n) is 1.93. The van der Waals surface area contributed by atoms with Gasteiger partial charge in [0.25, 0.3) is 5.91 Å². The topological polar surface area (TPSA) is 84.0 Å². The molecule has 0 unspecified atom stereocenters. The summed E-state index contributed by atoms with van der Waals surface area (Å²) in [5.74, 6) is 0.565. The van der Waals surface area contributed by atoms with Crippen molar-refractivity contribution in [1.29, 1.82) is 0 Å². The maximum Gasteiger partial charge on any atom is 0.291 e. The van der Waals surface area contributed by atoms with E-state index in [2.05, 4.69) is 10.3 Å². The average Bonchev–Trinajstić information content (AvgIpc) is 3.06. The summed E-state index contributed by atoms with van der Waals surface area (Å²) in [4.78, 5) is 15.1. The second kappa shape index (κ2) is 4.62. The van der Waals surface area contributed by atoms with Gasteiger partial charge in [-0.3, -0.25) is 4.79 Å². The van der Waals surface area contributed by atoms with Gasteiger partial charge in [-0.25, -0.2) is 0 Å². The fraction of sp³-hybridized carbons (Fsp3) is 0.0714.